The third-order valence-electron chi connectivity index (χ3n) is 4.32. The first-order valence-corrected chi connectivity index (χ1v) is 7.68. The smallest absolute Gasteiger partial charge is 0.240 e. The minimum absolute atomic E-state index is 0.0472. The number of nitrogens with zero attached hydrogens (tertiary/aromatic N) is 1. The van der Waals surface area contributed by atoms with E-state index in [1.807, 2.05) is 18.2 Å². The molecule has 1 saturated heterocycles. The lowest BCUT2D eigenvalue weighted by molar-refractivity contribution is -0.134. The van der Waals surface area contributed by atoms with E-state index in [-0.39, 0.29) is 11.7 Å². The maximum atomic E-state index is 12.3. The Morgan fingerprint density at radius 3 is 2.67 bits per heavy atom. The number of hydrogen-bond donors (Lipinski definition) is 0. The number of alkyl halides is 1. The molecule has 1 aromatic rings. The molecule has 1 fully saturated rings. The van der Waals surface area contributed by atoms with Crippen LogP contribution in [0.1, 0.15) is 36.5 Å². The van der Waals surface area contributed by atoms with Gasteiger partial charge in [-0.2, -0.15) is 0 Å². The lowest BCUT2D eigenvalue weighted by Crippen LogP contribution is -2.53. The highest BCUT2D eigenvalue weighted by molar-refractivity contribution is 6.30. The Balaban J connectivity index is 1.75. The van der Waals surface area contributed by atoms with Crippen molar-refractivity contribution in [2.75, 3.05) is 13.1 Å². The van der Waals surface area contributed by atoms with E-state index in [9.17, 15) is 9.59 Å². The van der Waals surface area contributed by atoms with Crippen LogP contribution in [0.4, 0.5) is 0 Å². The number of amides is 1. The predicted octanol–water partition coefficient (Wildman–Crippen LogP) is 2.64. The summed E-state index contributed by atoms with van der Waals surface area (Å²) in [6.45, 7) is 2.86. The Bertz CT molecular complexity index is 577. The summed E-state index contributed by atoms with van der Waals surface area (Å²) >= 11 is 5.85. The maximum absolute atomic E-state index is 12.3. The molecule has 5 heteroatoms. The molecule has 0 radical (unpaired) electrons. The van der Waals surface area contributed by atoms with Crippen molar-refractivity contribution in [3.8, 4) is 5.75 Å². The standard InChI is InChI=1S/C16H18ClNO3/c1-11(17)15(20)18-8-6-16(7-9-18)10-13(19)12-4-2-3-5-14(12)21-16/h2-5,11H,6-10H2,1H3. The van der Waals surface area contributed by atoms with Crippen molar-refractivity contribution < 1.29 is 14.3 Å². The molecular weight excluding hydrogens is 290 g/mol. The predicted molar refractivity (Wildman–Crippen MR) is 79.9 cm³/mol. The number of Topliss-reactive ketones (excluding diaryl/α,β-unsaturated/α-hetero) is 1. The van der Waals surface area contributed by atoms with Crippen LogP contribution < -0.4 is 4.74 Å². The first-order valence-electron chi connectivity index (χ1n) is 7.25. The van der Waals surface area contributed by atoms with Gasteiger partial charge in [-0.05, 0) is 19.1 Å². The molecule has 2 aliphatic rings. The summed E-state index contributed by atoms with van der Waals surface area (Å²) in [4.78, 5) is 26.0. The molecule has 112 valence electrons. The number of carbonyl (C=O) groups excluding carboxylic acids is 2. The third-order valence-corrected chi connectivity index (χ3v) is 4.51. The Labute approximate surface area is 129 Å². The molecule has 0 aliphatic carbocycles. The molecule has 1 unspecified atom stereocenters. The molecule has 2 heterocycles. The van der Waals surface area contributed by atoms with E-state index in [4.69, 9.17) is 16.3 Å². The summed E-state index contributed by atoms with van der Waals surface area (Å²) in [6, 6.07) is 7.37. The van der Waals surface area contributed by atoms with Gasteiger partial charge in [-0.1, -0.05) is 12.1 Å². The van der Waals surface area contributed by atoms with Crippen LogP contribution in [-0.2, 0) is 4.79 Å². The zero-order valence-corrected chi connectivity index (χ0v) is 12.7. The first-order chi connectivity index (χ1) is 10.0. The monoisotopic (exact) mass is 307 g/mol. The van der Waals surface area contributed by atoms with Gasteiger partial charge in [0.2, 0.25) is 5.91 Å². The van der Waals surface area contributed by atoms with Crippen LogP contribution in [0.15, 0.2) is 24.3 Å². The minimum Gasteiger partial charge on any atom is -0.486 e. The number of rotatable bonds is 1. The molecule has 1 atom stereocenters. The Morgan fingerprint density at radius 1 is 1.33 bits per heavy atom. The lowest BCUT2D eigenvalue weighted by atomic mass is 9.82. The van der Waals surface area contributed by atoms with Crippen molar-refractivity contribution in [3.05, 3.63) is 29.8 Å². The van der Waals surface area contributed by atoms with Crippen LogP contribution in [-0.4, -0.2) is 40.7 Å². The fraction of sp³-hybridized carbons (Fsp3) is 0.500. The lowest BCUT2D eigenvalue weighted by Gasteiger charge is -2.44. The van der Waals surface area contributed by atoms with Gasteiger partial charge in [0.25, 0.3) is 0 Å². The van der Waals surface area contributed by atoms with Crippen LogP contribution in [0.25, 0.3) is 0 Å². The number of likely N-dealkylation sites (tertiary alicyclic amines) is 1. The molecule has 0 N–H and O–H groups in total. The van der Waals surface area contributed by atoms with Gasteiger partial charge < -0.3 is 9.64 Å². The summed E-state index contributed by atoms with van der Waals surface area (Å²) in [6.07, 6.45) is 1.73. The van der Waals surface area contributed by atoms with E-state index >= 15 is 0 Å². The van der Waals surface area contributed by atoms with Crippen LogP contribution in [0.5, 0.6) is 5.75 Å². The summed E-state index contributed by atoms with van der Waals surface area (Å²) in [5.74, 6) is 0.746. The fourth-order valence-electron chi connectivity index (χ4n) is 3.11. The van der Waals surface area contributed by atoms with E-state index in [0.29, 0.717) is 43.7 Å². The van der Waals surface area contributed by atoms with Gasteiger partial charge in [0.15, 0.2) is 5.78 Å². The highest BCUT2D eigenvalue weighted by Gasteiger charge is 2.43. The van der Waals surface area contributed by atoms with Gasteiger partial charge in [0.1, 0.15) is 16.7 Å². The summed E-state index contributed by atoms with van der Waals surface area (Å²) < 4.78 is 6.13. The Morgan fingerprint density at radius 2 is 2.00 bits per heavy atom. The number of benzene rings is 1. The van der Waals surface area contributed by atoms with Gasteiger partial charge in [0, 0.05) is 25.9 Å². The van der Waals surface area contributed by atoms with E-state index in [1.165, 1.54) is 0 Å². The maximum Gasteiger partial charge on any atom is 0.240 e. The minimum atomic E-state index is -0.506. The number of fused-ring (bicyclic) bond motifs is 1. The molecule has 0 bridgehead atoms. The molecule has 2 aliphatic heterocycles. The van der Waals surface area contributed by atoms with Crippen molar-refractivity contribution >= 4 is 23.3 Å². The van der Waals surface area contributed by atoms with Crippen LogP contribution in [0, 0.1) is 0 Å². The number of halogens is 1. The van der Waals surface area contributed by atoms with E-state index in [0.717, 1.165) is 0 Å². The van der Waals surface area contributed by atoms with Crippen molar-refractivity contribution in [1.82, 2.24) is 4.90 Å². The van der Waals surface area contributed by atoms with Crippen molar-refractivity contribution in [2.24, 2.45) is 0 Å². The van der Waals surface area contributed by atoms with Gasteiger partial charge in [-0.3, -0.25) is 9.59 Å². The highest BCUT2D eigenvalue weighted by atomic mass is 35.5. The molecule has 1 aromatic carbocycles. The van der Waals surface area contributed by atoms with Crippen LogP contribution in [0.3, 0.4) is 0 Å². The number of carbonyl (C=O) groups is 2. The quantitative estimate of drug-likeness (QED) is 0.749. The van der Waals surface area contributed by atoms with Crippen molar-refractivity contribution in [3.63, 3.8) is 0 Å². The highest BCUT2D eigenvalue weighted by Crippen LogP contribution is 2.39. The van der Waals surface area contributed by atoms with Crippen molar-refractivity contribution in [2.45, 2.75) is 37.2 Å². The van der Waals surface area contributed by atoms with Gasteiger partial charge in [-0.25, -0.2) is 0 Å². The second-order valence-electron chi connectivity index (χ2n) is 5.82. The summed E-state index contributed by atoms with van der Waals surface area (Å²) in [7, 11) is 0. The molecule has 4 nitrogen and oxygen atoms in total. The third kappa shape index (κ3) is 2.64. The normalized spacial score (nSPS) is 21.6. The number of ketones is 1. The SMILES string of the molecule is CC(Cl)C(=O)N1CCC2(CC1)CC(=O)c1ccccc1O2. The molecule has 0 saturated carbocycles. The number of hydrogen-bond acceptors (Lipinski definition) is 3. The zero-order chi connectivity index (χ0) is 15.0. The average Bonchev–Trinajstić information content (AvgIpc) is 2.47. The number of ether oxygens (including phenoxy) is 1. The van der Waals surface area contributed by atoms with Crippen LogP contribution >= 0.6 is 11.6 Å². The fourth-order valence-corrected chi connectivity index (χ4v) is 3.25. The average molecular weight is 308 g/mol. The first kappa shape index (κ1) is 14.4. The van der Waals surface area contributed by atoms with E-state index in [1.54, 1.807) is 17.9 Å². The molecule has 1 spiro atoms. The van der Waals surface area contributed by atoms with Gasteiger partial charge >= 0.3 is 0 Å². The van der Waals surface area contributed by atoms with Crippen molar-refractivity contribution in [1.29, 1.82) is 0 Å². The van der Waals surface area contributed by atoms with Gasteiger partial charge in [0.05, 0.1) is 12.0 Å². The second-order valence-corrected chi connectivity index (χ2v) is 6.48. The largest absolute Gasteiger partial charge is 0.486 e. The van der Waals surface area contributed by atoms with Gasteiger partial charge in [-0.15, -0.1) is 11.6 Å². The molecular formula is C16H18ClNO3. The second kappa shape index (κ2) is 5.34. The van der Waals surface area contributed by atoms with Crippen LogP contribution in [0.2, 0.25) is 0 Å². The number of piperidine rings is 1. The summed E-state index contributed by atoms with van der Waals surface area (Å²) in [5.41, 5.74) is 0.202. The Hall–Kier alpha value is -1.55. The van der Waals surface area contributed by atoms with E-state index < -0.39 is 11.0 Å². The number of para-hydroxylation sites is 1. The Kier molecular flexibility index (Phi) is 3.66. The topological polar surface area (TPSA) is 46.6 Å². The summed E-state index contributed by atoms with van der Waals surface area (Å²) in [5, 5.41) is -0.506. The molecule has 3 rings (SSSR count). The molecule has 0 aromatic heterocycles. The zero-order valence-electron chi connectivity index (χ0n) is 12.0. The van der Waals surface area contributed by atoms with E-state index in [2.05, 4.69) is 0 Å². The molecule has 21 heavy (non-hydrogen) atoms. The molecule has 1 amide bonds.